The molecule has 0 bridgehead atoms. The van der Waals surface area contributed by atoms with E-state index in [0.717, 1.165) is 5.75 Å². The van der Waals surface area contributed by atoms with Crippen LogP contribution in [0.15, 0.2) is 0 Å². The fourth-order valence-electron chi connectivity index (χ4n) is 1.72. The van der Waals surface area contributed by atoms with Gasteiger partial charge in [-0.15, -0.1) is 0 Å². The molecule has 5 unspecified atom stereocenters. The standard InChI is InChI=1S/C10H20O6S/c1-14-9-7(12)6(5-11)16-10(8(9)13)15-3-4-17-2/h6-13H,3-5H2,1-2H3. The summed E-state index contributed by atoms with van der Waals surface area (Å²) in [5.41, 5.74) is 0. The van der Waals surface area contributed by atoms with Gasteiger partial charge < -0.3 is 29.5 Å². The average Bonchev–Trinajstić information content (AvgIpc) is 2.33. The maximum atomic E-state index is 9.89. The summed E-state index contributed by atoms with van der Waals surface area (Å²) in [5.74, 6) is 0.774. The number of thioether (sulfide) groups is 1. The van der Waals surface area contributed by atoms with Crippen molar-refractivity contribution in [2.75, 3.05) is 32.3 Å². The zero-order valence-corrected chi connectivity index (χ0v) is 10.8. The lowest BCUT2D eigenvalue weighted by Crippen LogP contribution is -2.59. The molecule has 1 heterocycles. The molecule has 0 aromatic rings. The van der Waals surface area contributed by atoms with Crippen LogP contribution in [0.5, 0.6) is 0 Å². The first kappa shape index (κ1) is 15.2. The van der Waals surface area contributed by atoms with Crippen molar-refractivity contribution in [3.8, 4) is 0 Å². The van der Waals surface area contributed by atoms with E-state index >= 15 is 0 Å². The summed E-state index contributed by atoms with van der Waals surface area (Å²) in [5, 5.41) is 28.7. The fourth-order valence-corrected chi connectivity index (χ4v) is 1.98. The SMILES string of the molecule is COC1C(O)C(CO)OC(OCCSC)C1O. The summed E-state index contributed by atoms with van der Waals surface area (Å²) >= 11 is 1.61. The van der Waals surface area contributed by atoms with Crippen LogP contribution in [-0.2, 0) is 14.2 Å². The normalized spacial score (nSPS) is 38.3. The number of hydrogen-bond donors (Lipinski definition) is 3. The van der Waals surface area contributed by atoms with Crippen molar-refractivity contribution in [2.24, 2.45) is 0 Å². The Morgan fingerprint density at radius 3 is 2.53 bits per heavy atom. The number of methoxy groups -OCH3 is 1. The van der Waals surface area contributed by atoms with Gasteiger partial charge >= 0.3 is 0 Å². The highest BCUT2D eigenvalue weighted by atomic mass is 32.2. The Balaban J connectivity index is 2.57. The maximum absolute atomic E-state index is 9.89. The van der Waals surface area contributed by atoms with Gasteiger partial charge in [0, 0.05) is 12.9 Å². The maximum Gasteiger partial charge on any atom is 0.186 e. The fraction of sp³-hybridized carbons (Fsp3) is 1.00. The second-order valence-electron chi connectivity index (χ2n) is 3.77. The molecule has 3 N–H and O–H groups in total. The topological polar surface area (TPSA) is 88.4 Å². The van der Waals surface area contributed by atoms with Crippen molar-refractivity contribution in [3.63, 3.8) is 0 Å². The Bertz CT molecular complexity index is 217. The molecule has 0 radical (unpaired) electrons. The number of aliphatic hydroxyl groups is 3. The Labute approximate surface area is 105 Å². The molecule has 7 heteroatoms. The summed E-state index contributed by atoms with van der Waals surface area (Å²) < 4.78 is 15.6. The van der Waals surface area contributed by atoms with E-state index in [2.05, 4.69) is 0 Å². The molecule has 1 fully saturated rings. The molecule has 0 spiro atoms. The van der Waals surface area contributed by atoms with Crippen molar-refractivity contribution < 1.29 is 29.5 Å². The van der Waals surface area contributed by atoms with Gasteiger partial charge in [0.15, 0.2) is 6.29 Å². The second-order valence-corrected chi connectivity index (χ2v) is 4.76. The highest BCUT2D eigenvalue weighted by Crippen LogP contribution is 2.23. The third kappa shape index (κ3) is 3.78. The summed E-state index contributed by atoms with van der Waals surface area (Å²) in [7, 11) is 1.38. The van der Waals surface area contributed by atoms with E-state index in [1.54, 1.807) is 11.8 Å². The molecule has 17 heavy (non-hydrogen) atoms. The molecule has 102 valence electrons. The van der Waals surface area contributed by atoms with Crippen LogP contribution in [0.2, 0.25) is 0 Å². The quantitative estimate of drug-likeness (QED) is 0.523. The number of aliphatic hydroxyl groups excluding tert-OH is 3. The minimum atomic E-state index is -1.07. The van der Waals surface area contributed by atoms with Gasteiger partial charge in [0.1, 0.15) is 24.4 Å². The molecule has 0 amide bonds. The first-order valence-electron chi connectivity index (χ1n) is 5.41. The third-order valence-corrected chi connectivity index (χ3v) is 3.24. The summed E-state index contributed by atoms with van der Waals surface area (Å²) in [6.45, 7) is 0.0731. The molecule has 1 saturated heterocycles. The van der Waals surface area contributed by atoms with Gasteiger partial charge in [0.25, 0.3) is 0 Å². The smallest absolute Gasteiger partial charge is 0.186 e. The molecule has 1 aliphatic heterocycles. The van der Waals surface area contributed by atoms with Gasteiger partial charge in [-0.3, -0.25) is 0 Å². The van der Waals surface area contributed by atoms with Crippen molar-refractivity contribution in [2.45, 2.75) is 30.7 Å². The predicted octanol–water partition coefficient (Wildman–Crippen LogP) is -1.18. The van der Waals surface area contributed by atoms with Gasteiger partial charge in [-0.2, -0.15) is 11.8 Å². The molecule has 6 nitrogen and oxygen atoms in total. The molecular formula is C10H20O6S. The van der Waals surface area contributed by atoms with Crippen molar-refractivity contribution in [3.05, 3.63) is 0 Å². The van der Waals surface area contributed by atoms with Gasteiger partial charge in [0.2, 0.25) is 0 Å². The minimum Gasteiger partial charge on any atom is -0.394 e. The van der Waals surface area contributed by atoms with Crippen LogP contribution in [0.25, 0.3) is 0 Å². The van der Waals surface area contributed by atoms with Crippen LogP contribution in [0.4, 0.5) is 0 Å². The van der Waals surface area contributed by atoms with Crippen LogP contribution in [0.1, 0.15) is 0 Å². The second kappa shape index (κ2) is 7.52. The zero-order valence-electron chi connectivity index (χ0n) is 9.98. The highest BCUT2D eigenvalue weighted by Gasteiger charge is 2.45. The molecule has 5 atom stereocenters. The van der Waals surface area contributed by atoms with Gasteiger partial charge in [0.05, 0.1) is 13.2 Å². The molecular weight excluding hydrogens is 248 g/mol. The van der Waals surface area contributed by atoms with Crippen LogP contribution < -0.4 is 0 Å². The highest BCUT2D eigenvalue weighted by molar-refractivity contribution is 7.98. The first-order chi connectivity index (χ1) is 8.15. The van der Waals surface area contributed by atoms with E-state index < -0.39 is 30.7 Å². The van der Waals surface area contributed by atoms with Gasteiger partial charge in [-0.1, -0.05) is 0 Å². The van der Waals surface area contributed by atoms with Gasteiger partial charge in [-0.25, -0.2) is 0 Å². The molecule has 0 aliphatic carbocycles. The monoisotopic (exact) mass is 268 g/mol. The molecule has 1 aliphatic rings. The van der Waals surface area contributed by atoms with Crippen LogP contribution in [0, 0.1) is 0 Å². The van der Waals surface area contributed by atoms with Crippen molar-refractivity contribution >= 4 is 11.8 Å². The van der Waals surface area contributed by atoms with Crippen LogP contribution in [-0.4, -0.2) is 78.4 Å². The first-order valence-corrected chi connectivity index (χ1v) is 6.80. The molecule has 0 aromatic carbocycles. The van der Waals surface area contributed by atoms with E-state index in [1.807, 2.05) is 6.26 Å². The van der Waals surface area contributed by atoms with E-state index in [4.69, 9.17) is 19.3 Å². The summed E-state index contributed by atoms with van der Waals surface area (Å²) in [6.07, 6.45) is -2.70. The van der Waals surface area contributed by atoms with E-state index in [-0.39, 0.29) is 6.61 Å². The van der Waals surface area contributed by atoms with E-state index in [1.165, 1.54) is 7.11 Å². The largest absolute Gasteiger partial charge is 0.394 e. The Morgan fingerprint density at radius 1 is 1.29 bits per heavy atom. The molecule has 0 saturated carbocycles. The molecule has 0 aromatic heterocycles. The number of rotatable bonds is 6. The summed E-state index contributed by atoms with van der Waals surface area (Å²) in [4.78, 5) is 0. The van der Waals surface area contributed by atoms with E-state index in [9.17, 15) is 10.2 Å². The Hall–Kier alpha value is 0.110. The number of ether oxygens (including phenoxy) is 3. The summed E-state index contributed by atoms with van der Waals surface area (Å²) in [6, 6.07) is 0. The van der Waals surface area contributed by atoms with Crippen LogP contribution in [0.3, 0.4) is 0 Å². The zero-order chi connectivity index (χ0) is 12.8. The third-order valence-electron chi connectivity index (χ3n) is 2.66. The Morgan fingerprint density at radius 2 is 2.00 bits per heavy atom. The predicted molar refractivity (Wildman–Crippen MR) is 62.9 cm³/mol. The van der Waals surface area contributed by atoms with Crippen LogP contribution >= 0.6 is 11.8 Å². The van der Waals surface area contributed by atoms with Gasteiger partial charge in [-0.05, 0) is 6.26 Å². The lowest BCUT2D eigenvalue weighted by atomic mass is 9.99. The van der Waals surface area contributed by atoms with E-state index in [0.29, 0.717) is 6.61 Å². The van der Waals surface area contributed by atoms with Crippen molar-refractivity contribution in [1.29, 1.82) is 0 Å². The minimum absolute atomic E-state index is 0.351. The lowest BCUT2D eigenvalue weighted by Gasteiger charge is -2.41. The lowest BCUT2D eigenvalue weighted by molar-refractivity contribution is -0.303. The average molecular weight is 268 g/mol. The van der Waals surface area contributed by atoms with Crippen molar-refractivity contribution in [1.82, 2.24) is 0 Å². The number of hydrogen-bond acceptors (Lipinski definition) is 7. The Kier molecular flexibility index (Phi) is 6.71. The molecule has 1 rings (SSSR count).